The smallest absolute Gasteiger partial charge is 0.114 e. The number of ether oxygens (including phenoxy) is 2. The zero-order chi connectivity index (χ0) is 19.2. The average Bonchev–Trinajstić information content (AvgIpc) is 3.09. The Morgan fingerprint density at radius 2 is 0.615 bits per heavy atom. The summed E-state index contributed by atoms with van der Waals surface area (Å²) in [7, 11) is 0. The van der Waals surface area contributed by atoms with Crippen molar-refractivity contribution in [2.24, 2.45) is 0 Å². The Morgan fingerprint density at radius 1 is 0.423 bits per heavy atom. The van der Waals surface area contributed by atoms with Gasteiger partial charge >= 0.3 is 0 Å². The summed E-state index contributed by atoms with van der Waals surface area (Å²) in [5.74, 6) is 0. The molecule has 0 N–H and O–H groups in total. The van der Waals surface area contributed by atoms with E-state index in [1.807, 2.05) is 0 Å². The van der Waals surface area contributed by atoms with E-state index in [9.17, 15) is 0 Å². The molecule has 138 valence electrons. The monoisotopic (exact) mass is 350 g/mol. The predicted molar refractivity (Wildman–Crippen MR) is 104 cm³/mol. The molecule has 0 aliphatic carbocycles. The summed E-state index contributed by atoms with van der Waals surface area (Å²) in [6, 6.07) is 0. The van der Waals surface area contributed by atoms with Gasteiger partial charge in [0.2, 0.25) is 0 Å². The van der Waals surface area contributed by atoms with E-state index in [4.69, 9.17) is 9.47 Å². The minimum Gasteiger partial charge on any atom is -0.351 e. The standard InChI is InChI=1S/C24H30O2/c1-11-17-19(23(9)15(5)13(3)21(17,7)25-23)12(2)20-18(11)22(8)14(4)16(6)24(20,10)26-22/h1-10H3/t21-,22+,23-,24+. The van der Waals surface area contributed by atoms with E-state index in [0.29, 0.717) is 0 Å². The molecule has 0 aromatic heterocycles. The second-order valence-corrected chi connectivity index (χ2v) is 9.59. The van der Waals surface area contributed by atoms with Crippen LogP contribution in [0.25, 0.3) is 0 Å². The fraction of sp³-hybridized carbons (Fsp3) is 0.583. The van der Waals surface area contributed by atoms with Crippen molar-refractivity contribution in [3.8, 4) is 0 Å². The van der Waals surface area contributed by atoms with Crippen LogP contribution in [-0.4, -0.2) is 0 Å². The number of fused-ring (bicyclic) bond motifs is 10. The lowest BCUT2D eigenvalue weighted by Crippen LogP contribution is -2.30. The molecular formula is C24H30O2. The number of rotatable bonds is 0. The van der Waals surface area contributed by atoms with Crippen LogP contribution in [0.4, 0.5) is 0 Å². The first-order chi connectivity index (χ1) is 11.9. The van der Waals surface area contributed by atoms with Crippen molar-refractivity contribution in [1.82, 2.24) is 0 Å². The second-order valence-electron chi connectivity index (χ2n) is 9.59. The van der Waals surface area contributed by atoms with Gasteiger partial charge in [-0.05, 0) is 125 Å². The first-order valence-electron chi connectivity index (χ1n) is 9.82. The molecule has 0 amide bonds. The molecular weight excluding hydrogens is 320 g/mol. The van der Waals surface area contributed by atoms with Gasteiger partial charge in [0.25, 0.3) is 0 Å². The summed E-state index contributed by atoms with van der Waals surface area (Å²) in [4.78, 5) is 0. The molecule has 1 aromatic rings. The van der Waals surface area contributed by atoms with Crippen LogP contribution in [0.5, 0.6) is 0 Å². The number of hydrogen-bond donors (Lipinski definition) is 0. The first-order valence-corrected chi connectivity index (χ1v) is 9.82. The molecule has 0 saturated heterocycles. The third-order valence-corrected chi connectivity index (χ3v) is 8.71. The van der Waals surface area contributed by atoms with E-state index in [1.165, 1.54) is 55.7 Å². The average molecular weight is 351 g/mol. The minimum absolute atomic E-state index is 0.316. The topological polar surface area (TPSA) is 18.5 Å². The van der Waals surface area contributed by atoms with Gasteiger partial charge in [-0.15, -0.1) is 0 Å². The largest absolute Gasteiger partial charge is 0.351 e. The van der Waals surface area contributed by atoms with E-state index in [1.54, 1.807) is 0 Å². The van der Waals surface area contributed by atoms with Gasteiger partial charge in [0.15, 0.2) is 0 Å². The van der Waals surface area contributed by atoms with Crippen LogP contribution in [0.15, 0.2) is 22.3 Å². The van der Waals surface area contributed by atoms with Crippen molar-refractivity contribution in [2.45, 2.75) is 91.6 Å². The first kappa shape index (κ1) is 16.8. The highest BCUT2D eigenvalue weighted by atomic mass is 16.5. The van der Waals surface area contributed by atoms with Gasteiger partial charge in [-0.3, -0.25) is 0 Å². The molecule has 0 fully saturated rings. The van der Waals surface area contributed by atoms with Gasteiger partial charge in [0, 0.05) is 0 Å². The molecule has 2 nitrogen and oxygen atoms in total. The Kier molecular flexibility index (Phi) is 2.61. The lowest BCUT2D eigenvalue weighted by Gasteiger charge is -2.36. The van der Waals surface area contributed by atoms with Crippen LogP contribution in [0.1, 0.15) is 88.8 Å². The van der Waals surface area contributed by atoms with Gasteiger partial charge in [0.05, 0.1) is 0 Å². The highest BCUT2D eigenvalue weighted by Gasteiger charge is 2.64. The van der Waals surface area contributed by atoms with Crippen LogP contribution in [0, 0.1) is 13.8 Å². The van der Waals surface area contributed by atoms with Crippen LogP contribution in [0.2, 0.25) is 0 Å². The third kappa shape index (κ3) is 1.29. The maximum atomic E-state index is 6.76. The van der Waals surface area contributed by atoms with Gasteiger partial charge in [0.1, 0.15) is 22.4 Å². The molecule has 4 atom stereocenters. The number of hydrogen-bond acceptors (Lipinski definition) is 2. The predicted octanol–water partition coefficient (Wildman–Crippen LogP) is 5.92. The van der Waals surface area contributed by atoms with E-state index < -0.39 is 0 Å². The summed E-state index contributed by atoms with van der Waals surface area (Å²) in [5, 5.41) is 0. The summed E-state index contributed by atoms with van der Waals surface area (Å²) in [6.07, 6.45) is 0. The molecule has 2 heteroatoms. The lowest BCUT2D eigenvalue weighted by atomic mass is 9.64. The molecule has 4 aliphatic rings. The van der Waals surface area contributed by atoms with Crippen molar-refractivity contribution in [3.05, 3.63) is 55.7 Å². The molecule has 26 heavy (non-hydrogen) atoms. The maximum Gasteiger partial charge on any atom is 0.114 e. The summed E-state index contributed by atoms with van der Waals surface area (Å²) in [6.45, 7) is 22.6. The van der Waals surface area contributed by atoms with Gasteiger partial charge < -0.3 is 9.47 Å². The van der Waals surface area contributed by atoms with Crippen molar-refractivity contribution in [1.29, 1.82) is 0 Å². The number of benzene rings is 1. The van der Waals surface area contributed by atoms with Gasteiger partial charge in [-0.25, -0.2) is 0 Å². The van der Waals surface area contributed by atoms with Crippen molar-refractivity contribution in [3.63, 3.8) is 0 Å². The van der Waals surface area contributed by atoms with Crippen LogP contribution in [-0.2, 0) is 31.9 Å². The van der Waals surface area contributed by atoms with E-state index in [0.717, 1.165) is 0 Å². The van der Waals surface area contributed by atoms with E-state index >= 15 is 0 Å². The molecule has 1 aromatic carbocycles. The quantitative estimate of drug-likeness (QED) is 0.540. The normalized spacial score (nSPS) is 42.2. The highest BCUT2D eigenvalue weighted by Crippen LogP contribution is 2.68. The molecule has 5 rings (SSSR count). The lowest BCUT2D eigenvalue weighted by molar-refractivity contribution is -0.0622. The molecule has 0 unspecified atom stereocenters. The Balaban J connectivity index is 1.96. The summed E-state index contributed by atoms with van der Waals surface area (Å²) < 4.78 is 13.5. The molecule has 4 bridgehead atoms. The van der Waals surface area contributed by atoms with Crippen LogP contribution in [0.3, 0.4) is 0 Å². The maximum absolute atomic E-state index is 6.76. The van der Waals surface area contributed by atoms with Gasteiger partial charge in [-0.2, -0.15) is 0 Å². The minimum atomic E-state index is -0.316. The Labute approximate surface area is 157 Å². The third-order valence-electron chi connectivity index (χ3n) is 8.71. The molecule has 0 radical (unpaired) electrons. The fourth-order valence-electron chi connectivity index (χ4n) is 6.89. The highest BCUT2D eigenvalue weighted by molar-refractivity contribution is 5.71. The van der Waals surface area contributed by atoms with E-state index in [-0.39, 0.29) is 22.4 Å². The molecule has 4 heterocycles. The van der Waals surface area contributed by atoms with Crippen molar-refractivity contribution in [2.75, 3.05) is 0 Å². The van der Waals surface area contributed by atoms with E-state index in [2.05, 4.69) is 69.2 Å². The summed E-state index contributed by atoms with van der Waals surface area (Å²) >= 11 is 0. The van der Waals surface area contributed by atoms with Gasteiger partial charge in [-0.1, -0.05) is 0 Å². The van der Waals surface area contributed by atoms with Crippen LogP contribution < -0.4 is 0 Å². The Hall–Kier alpha value is -1.38. The zero-order valence-electron chi connectivity index (χ0n) is 17.8. The fourth-order valence-corrected chi connectivity index (χ4v) is 6.89. The summed E-state index contributed by atoms with van der Waals surface area (Å²) in [5.41, 5.74) is 12.6. The zero-order valence-corrected chi connectivity index (χ0v) is 17.8. The molecule has 0 spiro atoms. The molecule has 4 aliphatic heterocycles. The Bertz CT molecular complexity index is 856. The van der Waals surface area contributed by atoms with Crippen LogP contribution >= 0.6 is 0 Å². The molecule has 0 saturated carbocycles. The second kappa shape index (κ2) is 4.05. The van der Waals surface area contributed by atoms with Crippen molar-refractivity contribution < 1.29 is 9.47 Å². The Morgan fingerprint density at radius 3 is 0.808 bits per heavy atom. The van der Waals surface area contributed by atoms with Crippen molar-refractivity contribution >= 4 is 0 Å². The SMILES string of the molecule is CC1=C(C)[C@]2(C)O[C@]1(C)c1c(C)c3c(c(C)c12)[C@]1(C)O[C@]3(C)C(C)=C1C.